The van der Waals surface area contributed by atoms with E-state index in [1.165, 1.54) is 23.9 Å². The number of allylic oxidation sites excluding steroid dienone is 1. The number of ether oxygens (including phenoxy) is 1. The van der Waals surface area contributed by atoms with E-state index in [-0.39, 0.29) is 5.91 Å². The van der Waals surface area contributed by atoms with E-state index in [1.807, 2.05) is 32.1 Å². The van der Waals surface area contributed by atoms with Crippen molar-refractivity contribution in [2.75, 3.05) is 6.61 Å². The predicted octanol–water partition coefficient (Wildman–Crippen LogP) is 4.88. The molecular weight excluding hydrogens is 312 g/mol. The molecule has 0 spiro atoms. The van der Waals surface area contributed by atoms with E-state index < -0.39 is 0 Å². The van der Waals surface area contributed by atoms with Crippen LogP contribution in [0.4, 0.5) is 0 Å². The highest BCUT2D eigenvalue weighted by Gasteiger charge is 2.17. The van der Waals surface area contributed by atoms with Gasteiger partial charge in [0.15, 0.2) is 0 Å². The molecule has 2 rings (SSSR count). The van der Waals surface area contributed by atoms with Crippen molar-refractivity contribution < 1.29 is 9.53 Å². The molecule has 1 aromatic heterocycles. The highest BCUT2D eigenvalue weighted by atomic mass is 16.5. The molecule has 0 aliphatic carbocycles. The van der Waals surface area contributed by atoms with Gasteiger partial charge in [0.05, 0.1) is 12.3 Å². The SMILES string of the molecule is C=CCc1c(C)nn(C(=O)c2ccc(OCCCCCC)cc2)c1C. The highest BCUT2D eigenvalue weighted by Crippen LogP contribution is 2.18. The molecule has 2 aromatic rings. The van der Waals surface area contributed by atoms with Gasteiger partial charge in [-0.05, 0) is 51.0 Å². The van der Waals surface area contributed by atoms with Crippen LogP contribution in [0.2, 0.25) is 0 Å². The summed E-state index contributed by atoms with van der Waals surface area (Å²) < 4.78 is 7.21. The molecule has 0 aliphatic rings. The Morgan fingerprint density at radius 2 is 1.92 bits per heavy atom. The Morgan fingerprint density at radius 3 is 2.56 bits per heavy atom. The van der Waals surface area contributed by atoms with E-state index in [4.69, 9.17) is 4.74 Å². The van der Waals surface area contributed by atoms with Crippen LogP contribution < -0.4 is 4.74 Å². The van der Waals surface area contributed by atoms with Gasteiger partial charge in [0.1, 0.15) is 5.75 Å². The summed E-state index contributed by atoms with van der Waals surface area (Å²) in [6.07, 6.45) is 7.27. The number of unbranched alkanes of at least 4 members (excludes halogenated alkanes) is 3. The Kier molecular flexibility index (Phi) is 6.99. The van der Waals surface area contributed by atoms with Crippen LogP contribution in [0.15, 0.2) is 36.9 Å². The first-order chi connectivity index (χ1) is 12.1. The van der Waals surface area contributed by atoms with Crippen LogP contribution in [0.1, 0.15) is 59.9 Å². The standard InChI is InChI=1S/C21H28N2O2/c1-5-7-8-9-15-25-19-13-11-18(12-14-19)21(24)23-17(4)20(10-6-2)16(3)22-23/h6,11-14H,2,5,7-10,15H2,1,3-4H3. The topological polar surface area (TPSA) is 44.1 Å². The van der Waals surface area contributed by atoms with Crippen molar-refractivity contribution in [3.8, 4) is 5.75 Å². The fourth-order valence-electron chi connectivity index (χ4n) is 2.85. The Hall–Kier alpha value is -2.36. The lowest BCUT2D eigenvalue weighted by atomic mass is 10.1. The van der Waals surface area contributed by atoms with Crippen molar-refractivity contribution in [2.45, 2.75) is 52.9 Å². The van der Waals surface area contributed by atoms with E-state index in [1.54, 1.807) is 12.1 Å². The molecule has 0 atom stereocenters. The number of hydrogen-bond donors (Lipinski definition) is 0. The minimum absolute atomic E-state index is 0.120. The van der Waals surface area contributed by atoms with Crippen LogP contribution in [0.3, 0.4) is 0 Å². The van der Waals surface area contributed by atoms with Gasteiger partial charge in [0, 0.05) is 16.8 Å². The number of nitrogens with zero attached hydrogens (tertiary/aromatic N) is 2. The minimum atomic E-state index is -0.120. The first-order valence-corrected chi connectivity index (χ1v) is 9.02. The zero-order valence-corrected chi connectivity index (χ0v) is 15.5. The van der Waals surface area contributed by atoms with Crippen molar-refractivity contribution in [3.05, 3.63) is 59.4 Å². The Bertz CT molecular complexity index is 714. The number of carbonyl (C=O) groups is 1. The highest BCUT2D eigenvalue weighted by molar-refractivity contribution is 5.96. The van der Waals surface area contributed by atoms with Crippen LogP contribution >= 0.6 is 0 Å². The summed E-state index contributed by atoms with van der Waals surface area (Å²) >= 11 is 0. The third kappa shape index (κ3) is 4.81. The summed E-state index contributed by atoms with van der Waals surface area (Å²) in [5.41, 5.74) is 3.42. The quantitative estimate of drug-likeness (QED) is 0.483. The molecular formula is C21H28N2O2. The number of benzene rings is 1. The third-order valence-corrected chi connectivity index (χ3v) is 4.35. The molecule has 0 amide bonds. The lowest BCUT2D eigenvalue weighted by Crippen LogP contribution is -2.15. The fourth-order valence-corrected chi connectivity index (χ4v) is 2.85. The molecule has 0 aliphatic heterocycles. The second-order valence-electron chi connectivity index (χ2n) is 6.29. The van der Waals surface area contributed by atoms with Gasteiger partial charge in [-0.15, -0.1) is 6.58 Å². The smallest absolute Gasteiger partial charge is 0.278 e. The molecule has 4 heteroatoms. The Balaban J connectivity index is 2.03. The van der Waals surface area contributed by atoms with Crippen molar-refractivity contribution in [2.24, 2.45) is 0 Å². The largest absolute Gasteiger partial charge is 0.494 e. The molecule has 1 aromatic carbocycles. The van der Waals surface area contributed by atoms with Gasteiger partial charge in [-0.1, -0.05) is 32.3 Å². The fraction of sp³-hybridized carbons (Fsp3) is 0.429. The van der Waals surface area contributed by atoms with Gasteiger partial charge in [0.25, 0.3) is 5.91 Å². The average Bonchev–Trinajstić information content (AvgIpc) is 2.90. The van der Waals surface area contributed by atoms with Crippen LogP contribution in [0, 0.1) is 13.8 Å². The normalized spacial score (nSPS) is 10.7. The van der Waals surface area contributed by atoms with Crippen molar-refractivity contribution in [1.29, 1.82) is 0 Å². The third-order valence-electron chi connectivity index (χ3n) is 4.35. The molecule has 0 fully saturated rings. The lowest BCUT2D eigenvalue weighted by molar-refractivity contribution is 0.0942. The molecule has 0 saturated heterocycles. The van der Waals surface area contributed by atoms with Crippen molar-refractivity contribution >= 4 is 5.91 Å². The maximum atomic E-state index is 12.7. The number of rotatable bonds is 9. The predicted molar refractivity (Wildman–Crippen MR) is 101 cm³/mol. The average molecular weight is 340 g/mol. The van der Waals surface area contributed by atoms with Crippen molar-refractivity contribution in [1.82, 2.24) is 9.78 Å². The summed E-state index contributed by atoms with van der Waals surface area (Å²) in [5.74, 6) is 0.680. The summed E-state index contributed by atoms with van der Waals surface area (Å²) in [5, 5.41) is 4.39. The first-order valence-electron chi connectivity index (χ1n) is 9.02. The summed E-state index contributed by atoms with van der Waals surface area (Å²) in [4.78, 5) is 12.7. The van der Waals surface area contributed by atoms with Gasteiger partial charge in [-0.25, -0.2) is 4.68 Å². The molecule has 0 saturated carbocycles. The van der Waals surface area contributed by atoms with Crippen LogP contribution in [-0.2, 0) is 6.42 Å². The van der Waals surface area contributed by atoms with Gasteiger partial charge in [-0.2, -0.15) is 5.10 Å². The maximum absolute atomic E-state index is 12.7. The molecule has 4 nitrogen and oxygen atoms in total. The van der Waals surface area contributed by atoms with Crippen LogP contribution in [-0.4, -0.2) is 22.3 Å². The van der Waals surface area contributed by atoms with Crippen LogP contribution in [0.25, 0.3) is 0 Å². The minimum Gasteiger partial charge on any atom is -0.494 e. The molecule has 0 unspecified atom stereocenters. The molecule has 0 N–H and O–H groups in total. The summed E-state index contributed by atoms with van der Waals surface area (Å²) in [6, 6.07) is 7.30. The first kappa shape index (κ1) is 19.0. The summed E-state index contributed by atoms with van der Waals surface area (Å²) in [7, 11) is 0. The molecule has 134 valence electrons. The zero-order chi connectivity index (χ0) is 18.2. The summed E-state index contributed by atoms with van der Waals surface area (Å²) in [6.45, 7) is 10.5. The second-order valence-corrected chi connectivity index (χ2v) is 6.29. The zero-order valence-electron chi connectivity index (χ0n) is 15.5. The maximum Gasteiger partial charge on any atom is 0.278 e. The van der Waals surface area contributed by atoms with Gasteiger partial charge in [-0.3, -0.25) is 4.79 Å². The van der Waals surface area contributed by atoms with Gasteiger partial charge < -0.3 is 4.74 Å². The molecule has 25 heavy (non-hydrogen) atoms. The van der Waals surface area contributed by atoms with Gasteiger partial charge in [0.2, 0.25) is 0 Å². The van der Waals surface area contributed by atoms with E-state index in [2.05, 4.69) is 18.6 Å². The van der Waals surface area contributed by atoms with E-state index in [0.717, 1.165) is 42.1 Å². The Labute approximate surface area is 150 Å². The van der Waals surface area contributed by atoms with Crippen LogP contribution in [0.5, 0.6) is 5.75 Å². The Morgan fingerprint density at radius 1 is 1.20 bits per heavy atom. The molecule has 0 bridgehead atoms. The van der Waals surface area contributed by atoms with Gasteiger partial charge >= 0.3 is 0 Å². The number of hydrogen-bond acceptors (Lipinski definition) is 3. The van der Waals surface area contributed by atoms with Crippen molar-refractivity contribution in [3.63, 3.8) is 0 Å². The lowest BCUT2D eigenvalue weighted by Gasteiger charge is -2.08. The van der Waals surface area contributed by atoms with E-state index >= 15 is 0 Å². The molecule has 1 heterocycles. The number of carbonyl (C=O) groups excluding carboxylic acids is 1. The number of aromatic nitrogens is 2. The second kappa shape index (κ2) is 9.21. The monoisotopic (exact) mass is 340 g/mol. The molecule has 0 radical (unpaired) electrons. The number of aryl methyl sites for hydroxylation is 1. The van der Waals surface area contributed by atoms with E-state index in [0.29, 0.717) is 5.56 Å². The van der Waals surface area contributed by atoms with E-state index in [9.17, 15) is 4.79 Å².